The molecule has 250 valence electrons. The average molecular weight is 642 g/mol. The van der Waals surface area contributed by atoms with E-state index in [1.807, 2.05) is 87.4 Å². The third-order valence-electron chi connectivity index (χ3n) is 8.12. The number of ketones is 1. The summed E-state index contributed by atoms with van der Waals surface area (Å²) in [6, 6.07) is 22.9. The molecule has 0 fully saturated rings. The molecule has 3 rings (SSSR count). The van der Waals surface area contributed by atoms with Crippen LogP contribution in [0.5, 0.6) is 5.75 Å². The number of hydrogen-bond donors (Lipinski definition) is 2. The van der Waals surface area contributed by atoms with Crippen LogP contribution in [0.4, 0.5) is 5.69 Å². The van der Waals surface area contributed by atoms with E-state index in [0.29, 0.717) is 49.2 Å². The topological polar surface area (TPSA) is 114 Å². The lowest BCUT2D eigenvalue weighted by atomic mass is 9.80. The molecule has 9 heteroatoms. The molecule has 9 nitrogen and oxygen atoms in total. The van der Waals surface area contributed by atoms with Crippen LogP contribution < -0.4 is 15.4 Å². The van der Waals surface area contributed by atoms with Gasteiger partial charge in [-0.1, -0.05) is 56.0 Å². The smallest absolute Gasteiger partial charge is 0.333 e. The van der Waals surface area contributed by atoms with E-state index in [2.05, 4.69) is 29.3 Å². The Morgan fingerprint density at radius 2 is 1.60 bits per heavy atom. The minimum Gasteiger partial charge on any atom is -0.462 e. The maximum Gasteiger partial charge on any atom is 0.333 e. The van der Waals surface area contributed by atoms with Crippen molar-refractivity contribution in [1.29, 1.82) is 0 Å². The highest BCUT2D eigenvalue weighted by atomic mass is 16.5. The van der Waals surface area contributed by atoms with Crippen LogP contribution in [0.2, 0.25) is 0 Å². The first-order chi connectivity index (χ1) is 22.4. The Bertz CT molecular complexity index is 1530. The minimum absolute atomic E-state index is 0.00883. The highest BCUT2D eigenvalue weighted by Crippen LogP contribution is 2.28. The molecule has 0 saturated heterocycles. The van der Waals surface area contributed by atoms with Crippen LogP contribution in [0.25, 0.3) is 0 Å². The van der Waals surface area contributed by atoms with E-state index < -0.39 is 17.5 Å². The standard InChI is InChI=1S/C38H47N3O6/c1-7-38(41(5)6,26-30-11-9-8-10-12-30)36(44)31-14-16-32(17-15-31)39-22-23-40-34(42)19-20-35(43)47-33-18-13-29(25-28(33)4)21-24-46-37(45)27(2)3/h8-18,25,39H,2,7,19-24,26H2,1,3-6H3,(H,40,42). The van der Waals surface area contributed by atoms with Gasteiger partial charge in [0.2, 0.25) is 5.91 Å². The van der Waals surface area contributed by atoms with Gasteiger partial charge in [-0.3, -0.25) is 19.3 Å². The Labute approximate surface area is 278 Å². The van der Waals surface area contributed by atoms with Gasteiger partial charge in [0.1, 0.15) is 5.75 Å². The SMILES string of the molecule is C=C(C)C(=O)OCCc1ccc(OC(=O)CCC(=O)NCCNc2ccc(C(=O)C(CC)(Cc3ccccc3)N(C)C)cc2)c(C)c1. The molecule has 3 aromatic carbocycles. The van der Waals surface area contributed by atoms with E-state index in [-0.39, 0.29) is 31.1 Å². The van der Waals surface area contributed by atoms with Crippen molar-refractivity contribution in [2.75, 3.05) is 39.1 Å². The van der Waals surface area contributed by atoms with E-state index in [4.69, 9.17) is 9.47 Å². The second-order valence-corrected chi connectivity index (χ2v) is 11.9. The van der Waals surface area contributed by atoms with Crippen molar-refractivity contribution in [3.05, 3.63) is 107 Å². The lowest BCUT2D eigenvalue weighted by Crippen LogP contribution is -2.52. The predicted molar refractivity (Wildman–Crippen MR) is 185 cm³/mol. The number of anilines is 1. The molecule has 0 aliphatic rings. The van der Waals surface area contributed by atoms with Crippen molar-refractivity contribution in [1.82, 2.24) is 10.2 Å². The molecular formula is C38H47N3O6. The van der Waals surface area contributed by atoms with Crippen LogP contribution in [0, 0.1) is 6.92 Å². The molecule has 3 aromatic rings. The summed E-state index contributed by atoms with van der Waals surface area (Å²) in [6.07, 6.45) is 1.78. The van der Waals surface area contributed by atoms with Gasteiger partial charge >= 0.3 is 11.9 Å². The normalized spacial score (nSPS) is 12.1. The highest BCUT2D eigenvalue weighted by Gasteiger charge is 2.39. The molecule has 0 saturated carbocycles. The van der Waals surface area contributed by atoms with Crippen molar-refractivity contribution >= 4 is 29.3 Å². The number of Topliss-reactive ketones (excluding diaryl/α,β-unsaturated/α-hetero) is 1. The number of amides is 1. The fourth-order valence-electron chi connectivity index (χ4n) is 5.24. The molecule has 2 N–H and O–H groups in total. The van der Waals surface area contributed by atoms with E-state index in [1.165, 1.54) is 0 Å². The molecule has 1 amide bonds. The average Bonchev–Trinajstić information content (AvgIpc) is 3.06. The molecule has 0 radical (unpaired) electrons. The highest BCUT2D eigenvalue weighted by molar-refractivity contribution is 6.03. The fraction of sp³-hybridized carbons (Fsp3) is 0.368. The van der Waals surface area contributed by atoms with Crippen molar-refractivity contribution in [2.45, 2.75) is 58.4 Å². The summed E-state index contributed by atoms with van der Waals surface area (Å²) < 4.78 is 10.6. The van der Waals surface area contributed by atoms with E-state index in [0.717, 1.165) is 22.4 Å². The zero-order valence-electron chi connectivity index (χ0n) is 28.2. The van der Waals surface area contributed by atoms with Crippen LogP contribution in [0.15, 0.2) is 84.9 Å². The molecule has 0 spiro atoms. The maximum absolute atomic E-state index is 13.7. The van der Waals surface area contributed by atoms with Gasteiger partial charge in [-0.15, -0.1) is 0 Å². The Morgan fingerprint density at radius 3 is 2.21 bits per heavy atom. The fourth-order valence-corrected chi connectivity index (χ4v) is 5.24. The monoisotopic (exact) mass is 641 g/mol. The summed E-state index contributed by atoms with van der Waals surface area (Å²) in [5.41, 5.74) is 4.01. The maximum atomic E-state index is 13.7. The molecule has 0 aromatic heterocycles. The Kier molecular flexibility index (Phi) is 13.9. The van der Waals surface area contributed by atoms with Crippen molar-refractivity contribution in [3.63, 3.8) is 0 Å². The first-order valence-electron chi connectivity index (χ1n) is 15.9. The van der Waals surface area contributed by atoms with Crippen molar-refractivity contribution in [2.24, 2.45) is 0 Å². The first kappa shape index (κ1) is 36.7. The van der Waals surface area contributed by atoms with Gasteiger partial charge in [-0.25, -0.2) is 4.79 Å². The summed E-state index contributed by atoms with van der Waals surface area (Å²) >= 11 is 0. The van der Waals surface area contributed by atoms with Gasteiger partial charge in [-0.2, -0.15) is 0 Å². The van der Waals surface area contributed by atoms with Crippen molar-refractivity contribution in [3.8, 4) is 5.75 Å². The van der Waals surface area contributed by atoms with Crippen LogP contribution in [0.1, 0.15) is 60.2 Å². The van der Waals surface area contributed by atoms with Gasteiger partial charge in [0.15, 0.2) is 5.78 Å². The Balaban J connectivity index is 1.40. The third kappa shape index (κ3) is 10.9. The molecule has 1 unspecified atom stereocenters. The van der Waals surface area contributed by atoms with Gasteiger partial charge in [0, 0.05) is 42.8 Å². The zero-order chi connectivity index (χ0) is 34.4. The van der Waals surface area contributed by atoms with Gasteiger partial charge in [0.05, 0.1) is 18.6 Å². The lowest BCUT2D eigenvalue weighted by Gasteiger charge is -2.38. The number of hydrogen-bond acceptors (Lipinski definition) is 8. The van der Waals surface area contributed by atoms with E-state index >= 15 is 0 Å². The lowest BCUT2D eigenvalue weighted by molar-refractivity contribution is -0.139. The first-order valence-corrected chi connectivity index (χ1v) is 15.9. The molecule has 47 heavy (non-hydrogen) atoms. The van der Waals surface area contributed by atoms with Gasteiger partial charge in [0.25, 0.3) is 0 Å². The predicted octanol–water partition coefficient (Wildman–Crippen LogP) is 5.71. The number of aryl methyl sites for hydroxylation is 1. The number of carbonyl (C=O) groups is 4. The quantitative estimate of drug-likeness (QED) is 0.0598. The van der Waals surface area contributed by atoms with Gasteiger partial charge < -0.3 is 20.1 Å². The molecule has 0 aliphatic carbocycles. The minimum atomic E-state index is -0.652. The van der Waals surface area contributed by atoms with Crippen LogP contribution in [-0.2, 0) is 32.0 Å². The summed E-state index contributed by atoms with van der Waals surface area (Å²) in [6.45, 7) is 10.1. The molecule has 0 bridgehead atoms. The molecule has 1 atom stereocenters. The number of carbonyl (C=O) groups excluding carboxylic acids is 4. The third-order valence-corrected chi connectivity index (χ3v) is 8.12. The van der Waals surface area contributed by atoms with Crippen molar-refractivity contribution < 1.29 is 28.7 Å². The largest absolute Gasteiger partial charge is 0.462 e. The van der Waals surface area contributed by atoms with E-state index in [1.54, 1.807) is 13.0 Å². The number of likely N-dealkylation sites (N-methyl/N-ethyl adjacent to an activating group) is 1. The van der Waals surface area contributed by atoms with Crippen LogP contribution >= 0.6 is 0 Å². The number of rotatable bonds is 18. The summed E-state index contributed by atoms with van der Waals surface area (Å²) in [7, 11) is 3.90. The number of benzene rings is 3. The zero-order valence-corrected chi connectivity index (χ0v) is 28.2. The number of esters is 2. The second kappa shape index (κ2) is 17.8. The number of ether oxygens (including phenoxy) is 2. The number of nitrogens with zero attached hydrogens (tertiary/aromatic N) is 1. The Morgan fingerprint density at radius 1 is 0.894 bits per heavy atom. The second-order valence-electron chi connectivity index (χ2n) is 11.9. The van der Waals surface area contributed by atoms with E-state index in [9.17, 15) is 19.2 Å². The van der Waals surface area contributed by atoms with Crippen LogP contribution in [-0.4, -0.2) is 67.9 Å². The number of nitrogens with one attached hydrogen (secondary N) is 2. The molecular weight excluding hydrogens is 594 g/mol. The Hall–Kier alpha value is -4.76. The molecule has 0 heterocycles. The summed E-state index contributed by atoms with van der Waals surface area (Å²) in [4.78, 5) is 51.9. The summed E-state index contributed by atoms with van der Waals surface area (Å²) in [5, 5.41) is 6.06. The van der Waals surface area contributed by atoms with Gasteiger partial charge in [-0.05, 0) is 87.8 Å². The summed E-state index contributed by atoms with van der Waals surface area (Å²) in [5.74, 6) is -0.667. The van der Waals surface area contributed by atoms with Crippen LogP contribution in [0.3, 0.4) is 0 Å². The molecule has 0 aliphatic heterocycles.